The number of carboxylic acids is 1. The molecule has 1 amide bonds. The van der Waals surface area contributed by atoms with Crippen LogP contribution in [-0.4, -0.2) is 28.5 Å². The number of nitrogens with one attached hydrogen (secondary N) is 1. The molecule has 6 heteroatoms. The number of aromatic carboxylic acids is 1. The molecule has 1 fully saturated rings. The van der Waals surface area contributed by atoms with E-state index in [1.807, 2.05) is 0 Å². The molecule has 0 aliphatic heterocycles. The summed E-state index contributed by atoms with van der Waals surface area (Å²) in [5.74, 6) is -0.0878. The Morgan fingerprint density at radius 1 is 1.56 bits per heavy atom. The molecule has 2 N–H and O–H groups in total. The standard InChI is InChI=1S/C12H16N2O3S/c1-7-2-3-8(4-7)5-13-10(15)11-14-9(6-18-11)12(16)17/h6-8H,2-5H2,1H3,(H,13,15)(H,16,17). The second-order valence-corrected chi connectivity index (χ2v) is 5.70. The highest BCUT2D eigenvalue weighted by molar-refractivity contribution is 7.11. The van der Waals surface area contributed by atoms with Crippen molar-refractivity contribution >= 4 is 23.2 Å². The lowest BCUT2D eigenvalue weighted by Gasteiger charge is -2.09. The number of carbonyl (C=O) groups excluding carboxylic acids is 1. The van der Waals surface area contributed by atoms with Gasteiger partial charge in [-0.1, -0.05) is 13.3 Å². The van der Waals surface area contributed by atoms with E-state index in [-0.39, 0.29) is 16.6 Å². The molecule has 0 spiro atoms. The van der Waals surface area contributed by atoms with Crippen LogP contribution < -0.4 is 5.32 Å². The van der Waals surface area contributed by atoms with Gasteiger partial charge in [-0.2, -0.15) is 0 Å². The molecule has 0 radical (unpaired) electrons. The first-order chi connectivity index (χ1) is 8.56. The second-order valence-electron chi connectivity index (χ2n) is 4.84. The first kappa shape index (κ1) is 13.0. The van der Waals surface area contributed by atoms with Crippen molar-refractivity contribution in [1.29, 1.82) is 0 Å². The van der Waals surface area contributed by atoms with Gasteiger partial charge < -0.3 is 10.4 Å². The fraction of sp³-hybridized carbons (Fsp3) is 0.583. The summed E-state index contributed by atoms with van der Waals surface area (Å²) in [6.07, 6.45) is 3.53. The van der Waals surface area contributed by atoms with Crippen LogP contribution in [0.5, 0.6) is 0 Å². The van der Waals surface area contributed by atoms with Crippen LogP contribution in [-0.2, 0) is 0 Å². The van der Waals surface area contributed by atoms with Crippen molar-refractivity contribution in [1.82, 2.24) is 10.3 Å². The lowest BCUT2D eigenvalue weighted by molar-refractivity contribution is 0.0691. The number of thiazole rings is 1. The number of nitrogens with zero attached hydrogens (tertiary/aromatic N) is 1. The predicted molar refractivity (Wildman–Crippen MR) is 67.9 cm³/mol. The van der Waals surface area contributed by atoms with Gasteiger partial charge in [-0.15, -0.1) is 11.3 Å². The zero-order chi connectivity index (χ0) is 13.1. The summed E-state index contributed by atoms with van der Waals surface area (Å²) in [7, 11) is 0. The first-order valence-corrected chi connectivity index (χ1v) is 6.91. The van der Waals surface area contributed by atoms with E-state index in [1.165, 1.54) is 11.8 Å². The summed E-state index contributed by atoms with van der Waals surface area (Å²) in [6.45, 7) is 2.88. The van der Waals surface area contributed by atoms with E-state index in [4.69, 9.17) is 5.11 Å². The average Bonchev–Trinajstić information content (AvgIpc) is 2.94. The van der Waals surface area contributed by atoms with Gasteiger partial charge in [-0.3, -0.25) is 4.79 Å². The maximum atomic E-state index is 11.8. The fourth-order valence-electron chi connectivity index (χ4n) is 2.30. The van der Waals surface area contributed by atoms with Gasteiger partial charge in [0.15, 0.2) is 10.7 Å². The van der Waals surface area contributed by atoms with Crippen molar-refractivity contribution in [2.75, 3.05) is 6.54 Å². The number of rotatable bonds is 4. The lowest BCUT2D eigenvalue weighted by atomic mass is 10.1. The molecule has 18 heavy (non-hydrogen) atoms. The molecule has 2 atom stereocenters. The minimum absolute atomic E-state index is 0.0698. The van der Waals surface area contributed by atoms with Gasteiger partial charge in [0.1, 0.15) is 0 Å². The number of carbonyl (C=O) groups is 2. The summed E-state index contributed by atoms with van der Waals surface area (Å²) in [5, 5.41) is 13.2. The highest BCUT2D eigenvalue weighted by atomic mass is 32.1. The summed E-state index contributed by atoms with van der Waals surface area (Å²) in [6, 6.07) is 0. The van der Waals surface area contributed by atoms with Crippen LogP contribution in [0.2, 0.25) is 0 Å². The Hall–Kier alpha value is -1.43. The Kier molecular flexibility index (Phi) is 3.96. The third kappa shape index (κ3) is 3.07. The van der Waals surface area contributed by atoms with Crippen molar-refractivity contribution in [2.24, 2.45) is 11.8 Å². The molecule has 1 aromatic heterocycles. The highest BCUT2D eigenvalue weighted by Crippen LogP contribution is 2.29. The van der Waals surface area contributed by atoms with Gasteiger partial charge in [-0.05, 0) is 24.7 Å². The van der Waals surface area contributed by atoms with E-state index < -0.39 is 5.97 Å². The zero-order valence-electron chi connectivity index (χ0n) is 10.2. The average molecular weight is 268 g/mol. The van der Waals surface area contributed by atoms with Gasteiger partial charge in [0, 0.05) is 11.9 Å². The van der Waals surface area contributed by atoms with Crippen LogP contribution >= 0.6 is 11.3 Å². The Morgan fingerprint density at radius 2 is 2.33 bits per heavy atom. The first-order valence-electron chi connectivity index (χ1n) is 6.03. The highest BCUT2D eigenvalue weighted by Gasteiger charge is 2.22. The summed E-state index contributed by atoms with van der Waals surface area (Å²) in [4.78, 5) is 26.2. The van der Waals surface area contributed by atoms with Gasteiger partial charge in [0.05, 0.1) is 0 Å². The Bertz CT molecular complexity index is 458. The Balaban J connectivity index is 1.85. The van der Waals surface area contributed by atoms with Crippen molar-refractivity contribution in [3.63, 3.8) is 0 Å². The minimum Gasteiger partial charge on any atom is -0.476 e. The molecule has 1 heterocycles. The van der Waals surface area contributed by atoms with Crippen LogP contribution in [0.3, 0.4) is 0 Å². The Labute approximate surface area is 109 Å². The SMILES string of the molecule is CC1CCC(CNC(=O)c2nc(C(=O)O)cs2)C1. The van der Waals surface area contributed by atoms with Crippen molar-refractivity contribution in [3.8, 4) is 0 Å². The number of carboxylic acid groups (broad SMARTS) is 1. The predicted octanol–water partition coefficient (Wildman–Crippen LogP) is 2.01. The van der Waals surface area contributed by atoms with E-state index in [1.54, 1.807) is 0 Å². The maximum Gasteiger partial charge on any atom is 0.355 e. The molecule has 2 rings (SSSR count). The second kappa shape index (κ2) is 5.48. The summed E-state index contributed by atoms with van der Waals surface area (Å²) in [5.41, 5.74) is -0.0698. The van der Waals surface area contributed by atoms with E-state index in [0.717, 1.165) is 30.1 Å². The fourth-order valence-corrected chi connectivity index (χ4v) is 3.01. The summed E-state index contributed by atoms with van der Waals surface area (Å²) < 4.78 is 0. The van der Waals surface area contributed by atoms with Crippen LogP contribution in [0.1, 0.15) is 46.5 Å². The molecule has 0 saturated heterocycles. The molecule has 1 aliphatic carbocycles. The van der Waals surface area contributed by atoms with Crippen LogP contribution in [0, 0.1) is 11.8 Å². The Morgan fingerprint density at radius 3 is 2.89 bits per heavy atom. The van der Waals surface area contributed by atoms with Gasteiger partial charge in [0.25, 0.3) is 5.91 Å². The molecule has 2 unspecified atom stereocenters. The molecule has 0 bridgehead atoms. The molecule has 0 aromatic carbocycles. The topological polar surface area (TPSA) is 79.3 Å². The number of hydrogen-bond acceptors (Lipinski definition) is 4. The van der Waals surface area contributed by atoms with E-state index in [0.29, 0.717) is 12.5 Å². The van der Waals surface area contributed by atoms with Gasteiger partial charge >= 0.3 is 5.97 Å². The summed E-state index contributed by atoms with van der Waals surface area (Å²) >= 11 is 1.07. The van der Waals surface area contributed by atoms with Crippen LogP contribution in [0.4, 0.5) is 0 Å². The lowest BCUT2D eigenvalue weighted by Crippen LogP contribution is -2.28. The quantitative estimate of drug-likeness (QED) is 0.875. The maximum absolute atomic E-state index is 11.8. The molecular weight excluding hydrogens is 252 g/mol. The molecule has 1 saturated carbocycles. The van der Waals surface area contributed by atoms with Gasteiger partial charge in [-0.25, -0.2) is 9.78 Å². The number of aromatic nitrogens is 1. The third-order valence-electron chi connectivity index (χ3n) is 3.27. The monoisotopic (exact) mass is 268 g/mol. The molecule has 5 nitrogen and oxygen atoms in total. The van der Waals surface area contributed by atoms with Crippen LogP contribution in [0.15, 0.2) is 5.38 Å². The van der Waals surface area contributed by atoms with Crippen LogP contribution in [0.25, 0.3) is 0 Å². The smallest absolute Gasteiger partial charge is 0.355 e. The molecule has 1 aromatic rings. The number of amides is 1. The molecule has 98 valence electrons. The van der Waals surface area contributed by atoms with Crippen molar-refractivity contribution in [2.45, 2.75) is 26.2 Å². The van der Waals surface area contributed by atoms with E-state index in [9.17, 15) is 9.59 Å². The largest absolute Gasteiger partial charge is 0.476 e. The van der Waals surface area contributed by atoms with E-state index >= 15 is 0 Å². The zero-order valence-corrected chi connectivity index (χ0v) is 11.0. The van der Waals surface area contributed by atoms with E-state index in [2.05, 4.69) is 17.2 Å². The van der Waals surface area contributed by atoms with Gasteiger partial charge in [0.2, 0.25) is 0 Å². The number of hydrogen-bond donors (Lipinski definition) is 2. The third-order valence-corrected chi connectivity index (χ3v) is 4.11. The van der Waals surface area contributed by atoms with Crippen molar-refractivity contribution < 1.29 is 14.7 Å². The van der Waals surface area contributed by atoms with Crippen molar-refractivity contribution in [3.05, 3.63) is 16.1 Å². The molecule has 1 aliphatic rings. The minimum atomic E-state index is -1.10. The normalized spacial score (nSPS) is 22.9. The molecular formula is C12H16N2O3S.